The van der Waals surface area contributed by atoms with Gasteiger partial charge < -0.3 is 10.6 Å². The molecule has 3 heteroatoms. The molecule has 1 aliphatic heterocycles. The van der Waals surface area contributed by atoms with Gasteiger partial charge in [0.1, 0.15) is 0 Å². The van der Waals surface area contributed by atoms with Gasteiger partial charge in [0.15, 0.2) is 0 Å². The third-order valence-corrected chi connectivity index (χ3v) is 4.46. The molecule has 1 aliphatic rings. The van der Waals surface area contributed by atoms with E-state index in [0.29, 0.717) is 6.04 Å². The highest BCUT2D eigenvalue weighted by molar-refractivity contribution is 7.23. The van der Waals surface area contributed by atoms with E-state index < -0.39 is 0 Å². The minimum Gasteiger partial charge on any atom is -0.399 e. The van der Waals surface area contributed by atoms with E-state index in [4.69, 9.17) is 5.73 Å². The lowest BCUT2D eigenvalue weighted by Gasteiger charge is -2.27. The van der Waals surface area contributed by atoms with Gasteiger partial charge in [-0.05, 0) is 19.1 Å². The molecule has 0 saturated heterocycles. The molecule has 0 bridgehead atoms. The zero-order valence-electron chi connectivity index (χ0n) is 9.40. The Morgan fingerprint density at radius 3 is 3.00 bits per heavy atom. The van der Waals surface area contributed by atoms with Gasteiger partial charge >= 0.3 is 0 Å². The highest BCUT2D eigenvalue weighted by Crippen LogP contribution is 2.42. The molecule has 2 nitrogen and oxygen atoms in total. The van der Waals surface area contributed by atoms with Crippen LogP contribution in [0.3, 0.4) is 0 Å². The maximum Gasteiger partial charge on any atom is 0.0996 e. The lowest BCUT2D eigenvalue weighted by molar-refractivity contribution is 0.827. The molecule has 0 spiro atoms. The van der Waals surface area contributed by atoms with Gasteiger partial charge in [-0.2, -0.15) is 0 Å². The van der Waals surface area contributed by atoms with Crippen LogP contribution in [-0.4, -0.2) is 13.1 Å². The molecule has 16 heavy (non-hydrogen) atoms. The second-order valence-corrected chi connectivity index (χ2v) is 5.32. The number of nitrogens with zero attached hydrogens (tertiary/aromatic N) is 1. The van der Waals surface area contributed by atoms with Crippen LogP contribution in [0.15, 0.2) is 24.3 Å². The Hall–Kier alpha value is -1.48. The number of hydrogen-bond acceptors (Lipinski definition) is 3. The largest absolute Gasteiger partial charge is 0.399 e. The van der Waals surface area contributed by atoms with Crippen molar-refractivity contribution >= 4 is 38.2 Å². The Bertz CT molecular complexity index is 583. The topological polar surface area (TPSA) is 29.3 Å². The van der Waals surface area contributed by atoms with Gasteiger partial charge in [0.25, 0.3) is 0 Å². The highest BCUT2D eigenvalue weighted by atomic mass is 32.1. The summed E-state index contributed by atoms with van der Waals surface area (Å²) in [4.78, 5) is 2.32. The summed E-state index contributed by atoms with van der Waals surface area (Å²) >= 11 is 1.82. The highest BCUT2D eigenvalue weighted by Gasteiger charge is 2.19. The van der Waals surface area contributed by atoms with E-state index in [-0.39, 0.29) is 0 Å². The third-order valence-electron chi connectivity index (χ3n) is 3.21. The number of benzene rings is 1. The molecule has 2 aromatic rings. The quantitative estimate of drug-likeness (QED) is 0.703. The standard InChI is InChI=1S/C13H14N2S/c1-8-3-5-11-10-6-4-9(14)7-12(10)16-13(11)15(8)2/h3-8H,14H2,1-2H3. The Morgan fingerprint density at radius 1 is 1.38 bits per heavy atom. The van der Waals surface area contributed by atoms with E-state index in [0.717, 1.165) is 5.69 Å². The first-order chi connectivity index (χ1) is 7.66. The van der Waals surface area contributed by atoms with Crippen molar-refractivity contribution in [2.24, 2.45) is 0 Å². The van der Waals surface area contributed by atoms with Crippen molar-refractivity contribution in [1.29, 1.82) is 0 Å². The van der Waals surface area contributed by atoms with Gasteiger partial charge in [0.2, 0.25) is 0 Å². The Balaban J connectivity index is 2.31. The van der Waals surface area contributed by atoms with Gasteiger partial charge in [-0.3, -0.25) is 0 Å². The van der Waals surface area contributed by atoms with Crippen LogP contribution in [-0.2, 0) is 0 Å². The summed E-state index contributed by atoms with van der Waals surface area (Å²) in [6.07, 6.45) is 4.47. The Labute approximate surface area is 99.0 Å². The van der Waals surface area contributed by atoms with Crippen molar-refractivity contribution in [3.8, 4) is 0 Å². The van der Waals surface area contributed by atoms with Gasteiger partial charge in [-0.15, -0.1) is 11.3 Å². The second kappa shape index (κ2) is 3.25. The van der Waals surface area contributed by atoms with Crippen LogP contribution in [0.1, 0.15) is 12.5 Å². The van der Waals surface area contributed by atoms with Crippen LogP contribution in [0.4, 0.5) is 10.7 Å². The maximum absolute atomic E-state index is 5.82. The van der Waals surface area contributed by atoms with Crippen LogP contribution in [0.5, 0.6) is 0 Å². The summed E-state index contributed by atoms with van der Waals surface area (Å²) in [7, 11) is 2.14. The number of anilines is 2. The van der Waals surface area contributed by atoms with Crippen molar-refractivity contribution in [1.82, 2.24) is 0 Å². The summed E-state index contributed by atoms with van der Waals surface area (Å²) in [5.41, 5.74) is 7.99. The normalized spacial score (nSPS) is 19.1. The number of rotatable bonds is 0. The van der Waals surface area contributed by atoms with Gasteiger partial charge in [0, 0.05) is 34.4 Å². The van der Waals surface area contributed by atoms with E-state index in [1.807, 2.05) is 17.4 Å². The zero-order chi connectivity index (χ0) is 11.3. The van der Waals surface area contributed by atoms with Crippen LogP contribution in [0.2, 0.25) is 0 Å². The van der Waals surface area contributed by atoms with E-state index in [1.54, 1.807) is 0 Å². The van der Waals surface area contributed by atoms with E-state index in [2.05, 4.69) is 43.2 Å². The van der Waals surface area contributed by atoms with Crippen LogP contribution in [0.25, 0.3) is 16.2 Å². The maximum atomic E-state index is 5.82. The summed E-state index contributed by atoms with van der Waals surface area (Å²) in [6.45, 7) is 2.21. The monoisotopic (exact) mass is 230 g/mol. The fourth-order valence-electron chi connectivity index (χ4n) is 2.09. The minimum atomic E-state index is 0.470. The van der Waals surface area contributed by atoms with Crippen molar-refractivity contribution < 1.29 is 0 Å². The SMILES string of the molecule is CC1C=Cc2c(sc3cc(N)ccc23)N1C. The lowest BCUT2D eigenvalue weighted by atomic mass is 10.1. The molecule has 1 aromatic carbocycles. The summed E-state index contributed by atoms with van der Waals surface area (Å²) < 4.78 is 1.27. The number of fused-ring (bicyclic) bond motifs is 3. The average molecular weight is 230 g/mol. The molecule has 82 valence electrons. The lowest BCUT2D eigenvalue weighted by Crippen LogP contribution is -2.28. The first kappa shape index (κ1) is 9.73. The molecule has 0 fully saturated rings. The Kier molecular flexibility index (Phi) is 1.98. The van der Waals surface area contributed by atoms with Gasteiger partial charge in [0.05, 0.1) is 5.00 Å². The smallest absolute Gasteiger partial charge is 0.0996 e. The second-order valence-electron chi connectivity index (χ2n) is 4.29. The predicted octanol–water partition coefficient (Wildman–Crippen LogP) is 3.34. The van der Waals surface area contributed by atoms with E-state index >= 15 is 0 Å². The fraction of sp³-hybridized carbons (Fsp3) is 0.231. The van der Waals surface area contributed by atoms with Crippen molar-refractivity contribution in [2.45, 2.75) is 13.0 Å². The van der Waals surface area contributed by atoms with Crippen molar-refractivity contribution in [3.05, 3.63) is 29.8 Å². The molecule has 0 radical (unpaired) electrons. The summed E-state index contributed by atoms with van der Waals surface area (Å²) in [5.74, 6) is 0. The molecule has 0 saturated carbocycles. The number of hydrogen-bond donors (Lipinski definition) is 1. The van der Waals surface area contributed by atoms with Crippen LogP contribution < -0.4 is 10.6 Å². The summed E-state index contributed by atoms with van der Waals surface area (Å²) in [6, 6.07) is 6.62. The number of likely N-dealkylation sites (N-methyl/N-ethyl adjacent to an activating group) is 1. The molecule has 0 amide bonds. The van der Waals surface area contributed by atoms with E-state index in [1.165, 1.54) is 20.7 Å². The van der Waals surface area contributed by atoms with Crippen LogP contribution in [0, 0.1) is 0 Å². The fourth-order valence-corrected chi connectivity index (χ4v) is 3.38. The van der Waals surface area contributed by atoms with Gasteiger partial charge in [-0.1, -0.05) is 18.2 Å². The van der Waals surface area contributed by atoms with Crippen molar-refractivity contribution in [3.63, 3.8) is 0 Å². The molecule has 2 N–H and O–H groups in total. The third kappa shape index (κ3) is 1.25. The van der Waals surface area contributed by atoms with Crippen LogP contribution >= 0.6 is 11.3 Å². The molecule has 3 rings (SSSR count). The molecule has 1 atom stereocenters. The molecular weight excluding hydrogens is 216 g/mol. The van der Waals surface area contributed by atoms with Gasteiger partial charge in [-0.25, -0.2) is 0 Å². The molecule has 1 aromatic heterocycles. The first-order valence-electron chi connectivity index (χ1n) is 5.40. The predicted molar refractivity (Wildman–Crippen MR) is 73.1 cm³/mol. The first-order valence-corrected chi connectivity index (χ1v) is 6.21. The number of nitrogens with two attached hydrogens (primary N) is 1. The number of nitrogen functional groups attached to an aromatic ring is 1. The minimum absolute atomic E-state index is 0.470. The molecule has 0 aliphatic carbocycles. The molecular formula is C13H14N2S. The zero-order valence-corrected chi connectivity index (χ0v) is 10.2. The van der Waals surface area contributed by atoms with E-state index in [9.17, 15) is 0 Å². The number of thiophene rings is 1. The molecule has 1 unspecified atom stereocenters. The van der Waals surface area contributed by atoms with Crippen molar-refractivity contribution in [2.75, 3.05) is 17.7 Å². The molecule has 2 heterocycles. The Morgan fingerprint density at radius 2 is 2.19 bits per heavy atom. The summed E-state index contributed by atoms with van der Waals surface area (Å²) in [5, 5.41) is 2.65. The average Bonchev–Trinajstić information content (AvgIpc) is 2.62.